The zero-order chi connectivity index (χ0) is 22.5. The molecule has 0 aliphatic carbocycles. The molecule has 0 amide bonds. The molecule has 166 valence electrons. The van der Waals surface area contributed by atoms with Crippen LogP contribution in [0.1, 0.15) is 52.6 Å². The molecule has 6 heteroatoms. The van der Waals surface area contributed by atoms with E-state index in [2.05, 4.69) is 4.98 Å². The van der Waals surface area contributed by atoms with Crippen LogP contribution in [0.15, 0.2) is 60.8 Å². The Bertz CT molecular complexity index is 1080. The maximum absolute atomic E-state index is 15.0. The highest BCUT2D eigenvalue weighted by Crippen LogP contribution is 2.33. The number of pyridine rings is 1. The van der Waals surface area contributed by atoms with Crippen LogP contribution in [-0.4, -0.2) is 35.7 Å². The Labute approximate surface area is 187 Å². The first-order valence-electron chi connectivity index (χ1n) is 10.9. The van der Waals surface area contributed by atoms with Gasteiger partial charge in [0.05, 0.1) is 12.2 Å². The van der Waals surface area contributed by atoms with Crippen LogP contribution in [0.3, 0.4) is 0 Å². The lowest BCUT2D eigenvalue weighted by molar-refractivity contribution is 0.0853. The van der Waals surface area contributed by atoms with Gasteiger partial charge >= 0.3 is 0 Å². The number of aromatic nitrogens is 1. The minimum atomic E-state index is -0.604. The Hall–Kier alpha value is -3.09. The normalized spacial score (nSPS) is 15.4. The number of benzene rings is 2. The van der Waals surface area contributed by atoms with E-state index in [-0.39, 0.29) is 30.3 Å². The van der Waals surface area contributed by atoms with Gasteiger partial charge in [-0.05, 0) is 53.6 Å². The fourth-order valence-electron chi connectivity index (χ4n) is 4.23. The molecule has 3 aromatic rings. The van der Waals surface area contributed by atoms with Crippen molar-refractivity contribution in [2.24, 2.45) is 0 Å². The lowest BCUT2D eigenvalue weighted by Gasteiger charge is -2.23. The molecule has 0 unspecified atom stereocenters. The summed E-state index contributed by atoms with van der Waals surface area (Å²) in [6.07, 6.45) is 3.64. The van der Waals surface area contributed by atoms with E-state index in [0.29, 0.717) is 36.1 Å². The molecule has 0 bridgehead atoms. The molecule has 2 heterocycles. The van der Waals surface area contributed by atoms with E-state index in [1.165, 1.54) is 12.1 Å². The molecule has 4 rings (SSSR count). The number of rotatable bonds is 7. The van der Waals surface area contributed by atoms with Gasteiger partial charge in [-0.1, -0.05) is 36.4 Å². The lowest BCUT2D eigenvalue weighted by atomic mass is 9.90. The van der Waals surface area contributed by atoms with Crippen LogP contribution in [-0.2, 0) is 4.74 Å². The maximum Gasteiger partial charge on any atom is 0.166 e. The molecule has 1 aliphatic rings. The van der Waals surface area contributed by atoms with Crippen molar-refractivity contribution < 1.29 is 19.0 Å². The van der Waals surface area contributed by atoms with E-state index in [4.69, 9.17) is 10.5 Å². The largest absolute Gasteiger partial charge is 0.396 e. The minimum Gasteiger partial charge on any atom is -0.396 e. The molecule has 1 atom stereocenters. The predicted molar refractivity (Wildman–Crippen MR) is 122 cm³/mol. The molecule has 1 fully saturated rings. The average Bonchev–Trinajstić information content (AvgIpc) is 2.83. The van der Waals surface area contributed by atoms with Gasteiger partial charge in [0.1, 0.15) is 11.6 Å². The monoisotopic (exact) mass is 434 g/mol. The van der Waals surface area contributed by atoms with Crippen LogP contribution < -0.4 is 5.73 Å². The van der Waals surface area contributed by atoms with Gasteiger partial charge < -0.3 is 15.6 Å². The number of ether oxygens (including phenoxy) is 1. The first-order valence-corrected chi connectivity index (χ1v) is 10.9. The number of hydrogen-bond acceptors (Lipinski definition) is 5. The van der Waals surface area contributed by atoms with Crippen LogP contribution in [0.25, 0.3) is 11.1 Å². The number of nitrogens with zero attached hydrogens (tertiary/aromatic N) is 1. The molecule has 5 nitrogen and oxygen atoms in total. The minimum absolute atomic E-state index is 0.00949. The number of nitrogens with two attached hydrogens (primary N) is 1. The summed E-state index contributed by atoms with van der Waals surface area (Å²) in [5.74, 6) is -0.663. The molecule has 1 aromatic heterocycles. The second-order valence-corrected chi connectivity index (χ2v) is 8.20. The molecule has 0 spiro atoms. The third-order valence-electron chi connectivity index (χ3n) is 6.14. The van der Waals surface area contributed by atoms with E-state index in [0.717, 1.165) is 24.0 Å². The van der Waals surface area contributed by atoms with Gasteiger partial charge in [0, 0.05) is 37.3 Å². The van der Waals surface area contributed by atoms with Crippen molar-refractivity contribution in [3.8, 4) is 11.1 Å². The van der Waals surface area contributed by atoms with Crippen molar-refractivity contribution in [2.45, 2.75) is 31.1 Å². The predicted octanol–water partition coefficient (Wildman–Crippen LogP) is 4.71. The summed E-state index contributed by atoms with van der Waals surface area (Å²) < 4.78 is 20.4. The zero-order valence-electron chi connectivity index (χ0n) is 17.8. The number of Topliss-reactive ketones (excluding diaryl/α,β-unsaturated/α-hetero) is 1. The third kappa shape index (κ3) is 4.87. The van der Waals surface area contributed by atoms with Crippen molar-refractivity contribution >= 4 is 11.6 Å². The number of hydrogen-bond donors (Lipinski definition) is 2. The van der Waals surface area contributed by atoms with E-state index in [9.17, 15) is 14.3 Å². The number of nitrogen functional groups attached to an aromatic ring is 1. The Morgan fingerprint density at radius 1 is 1.16 bits per heavy atom. The van der Waals surface area contributed by atoms with Crippen LogP contribution in [0.2, 0.25) is 0 Å². The van der Waals surface area contributed by atoms with Crippen molar-refractivity contribution in [1.82, 2.24) is 4.98 Å². The third-order valence-corrected chi connectivity index (χ3v) is 6.14. The van der Waals surface area contributed by atoms with Crippen LogP contribution in [0, 0.1) is 5.82 Å². The average molecular weight is 435 g/mol. The number of halogens is 1. The fraction of sp³-hybridized carbons (Fsp3) is 0.308. The van der Waals surface area contributed by atoms with Gasteiger partial charge in [-0.25, -0.2) is 9.37 Å². The molecule has 32 heavy (non-hydrogen) atoms. The smallest absolute Gasteiger partial charge is 0.166 e. The topological polar surface area (TPSA) is 85.4 Å². The maximum atomic E-state index is 15.0. The van der Waals surface area contributed by atoms with E-state index < -0.39 is 5.82 Å². The summed E-state index contributed by atoms with van der Waals surface area (Å²) in [7, 11) is 0. The lowest BCUT2D eigenvalue weighted by Crippen LogP contribution is -2.14. The van der Waals surface area contributed by atoms with Crippen molar-refractivity contribution in [1.29, 1.82) is 0 Å². The number of carbonyl (C=O) groups excluding carboxylic acids is 1. The second kappa shape index (κ2) is 10.0. The summed E-state index contributed by atoms with van der Waals surface area (Å²) in [6.45, 7) is 1.25. The summed E-state index contributed by atoms with van der Waals surface area (Å²) in [4.78, 5) is 17.1. The summed E-state index contributed by atoms with van der Waals surface area (Å²) in [6, 6.07) is 15.8. The highest BCUT2D eigenvalue weighted by molar-refractivity contribution is 5.97. The van der Waals surface area contributed by atoms with Crippen LogP contribution in [0.5, 0.6) is 0 Å². The molecule has 1 aliphatic heterocycles. The Morgan fingerprint density at radius 3 is 2.59 bits per heavy atom. The second-order valence-electron chi connectivity index (χ2n) is 8.20. The SMILES string of the molecule is Nc1ncc(C2CCOCC2)cc1-c1ccc(C(=O)C[C@H](CO)c2ccccc2)c(F)c1. The standard InChI is InChI=1S/C26H27FN2O3/c27-24-13-19(23-12-20(15-29-26(23)28)18-8-10-32-11-9-18)6-7-22(24)25(31)14-21(16-30)17-4-2-1-3-5-17/h1-7,12-13,15,18,21,30H,8-11,14,16H2,(H2,28,29)/t21-/m1/s1. The summed E-state index contributed by atoms with van der Waals surface area (Å²) in [5, 5.41) is 9.73. The van der Waals surface area contributed by atoms with Gasteiger partial charge in [0.25, 0.3) is 0 Å². The van der Waals surface area contributed by atoms with Crippen LogP contribution in [0.4, 0.5) is 10.2 Å². The highest BCUT2D eigenvalue weighted by atomic mass is 19.1. The van der Waals surface area contributed by atoms with Gasteiger partial charge in [-0.3, -0.25) is 4.79 Å². The van der Waals surface area contributed by atoms with Gasteiger partial charge in [0.2, 0.25) is 0 Å². The molecular weight excluding hydrogens is 407 g/mol. The fourth-order valence-corrected chi connectivity index (χ4v) is 4.23. The molecule has 3 N–H and O–H groups in total. The Balaban J connectivity index is 1.56. The number of aliphatic hydroxyl groups excluding tert-OH is 1. The first-order chi connectivity index (χ1) is 15.6. The molecular formula is C26H27FN2O3. The Kier molecular flexibility index (Phi) is 6.93. The van der Waals surface area contributed by atoms with E-state index in [1.54, 1.807) is 12.3 Å². The molecule has 0 saturated carbocycles. The summed E-state index contributed by atoms with van der Waals surface area (Å²) >= 11 is 0. The first kappa shape index (κ1) is 22.1. The van der Waals surface area contributed by atoms with Gasteiger partial charge in [0.15, 0.2) is 5.78 Å². The van der Waals surface area contributed by atoms with Crippen molar-refractivity contribution in [3.63, 3.8) is 0 Å². The number of carbonyl (C=O) groups is 1. The Morgan fingerprint density at radius 2 is 1.91 bits per heavy atom. The highest BCUT2D eigenvalue weighted by Gasteiger charge is 2.21. The number of aliphatic hydroxyl groups is 1. The molecule has 2 aromatic carbocycles. The van der Waals surface area contributed by atoms with Gasteiger partial charge in [-0.15, -0.1) is 0 Å². The number of ketones is 1. The summed E-state index contributed by atoms with van der Waals surface area (Å²) in [5.41, 5.74) is 9.26. The quantitative estimate of drug-likeness (QED) is 0.526. The van der Waals surface area contributed by atoms with Crippen molar-refractivity contribution in [3.05, 3.63) is 83.3 Å². The molecule has 1 saturated heterocycles. The van der Waals surface area contributed by atoms with Crippen LogP contribution >= 0.6 is 0 Å². The molecule has 0 radical (unpaired) electrons. The van der Waals surface area contributed by atoms with E-state index in [1.807, 2.05) is 36.4 Å². The van der Waals surface area contributed by atoms with Gasteiger partial charge in [-0.2, -0.15) is 0 Å². The van der Waals surface area contributed by atoms with Crippen molar-refractivity contribution in [2.75, 3.05) is 25.6 Å². The van der Waals surface area contributed by atoms with E-state index >= 15 is 0 Å². The zero-order valence-corrected chi connectivity index (χ0v) is 17.8. The number of anilines is 1.